The van der Waals surface area contributed by atoms with Gasteiger partial charge in [0, 0.05) is 24.3 Å². The zero-order chi connectivity index (χ0) is 12.3. The molecule has 0 atom stereocenters. The molecule has 0 radical (unpaired) electrons. The van der Waals surface area contributed by atoms with E-state index < -0.39 is 0 Å². The van der Waals surface area contributed by atoms with Gasteiger partial charge in [-0.15, -0.1) is 0 Å². The molecule has 0 aromatic carbocycles. The van der Waals surface area contributed by atoms with Crippen LogP contribution in [0.2, 0.25) is 0 Å². The van der Waals surface area contributed by atoms with Crippen LogP contribution in [0.4, 0.5) is 0 Å². The van der Waals surface area contributed by atoms with Gasteiger partial charge in [-0.05, 0) is 39.2 Å². The van der Waals surface area contributed by atoms with Gasteiger partial charge in [0.25, 0.3) is 0 Å². The SMILES string of the molecule is CCC(C)(C)Oc1ncccc1CNC1CC1. The fraction of sp³-hybridized carbons (Fsp3) is 0.643. The number of nitrogens with one attached hydrogen (secondary N) is 1. The van der Waals surface area contributed by atoms with Crippen LogP contribution in [0.3, 0.4) is 0 Å². The molecule has 0 bridgehead atoms. The second-order valence-electron chi connectivity index (χ2n) is 5.34. The van der Waals surface area contributed by atoms with Crippen LogP contribution in [-0.2, 0) is 6.54 Å². The van der Waals surface area contributed by atoms with Gasteiger partial charge in [0.2, 0.25) is 5.88 Å². The van der Waals surface area contributed by atoms with Crippen molar-refractivity contribution in [2.24, 2.45) is 0 Å². The van der Waals surface area contributed by atoms with Crippen molar-refractivity contribution in [3.8, 4) is 5.88 Å². The molecule has 0 amide bonds. The van der Waals surface area contributed by atoms with Gasteiger partial charge in [-0.3, -0.25) is 0 Å². The van der Waals surface area contributed by atoms with Crippen LogP contribution < -0.4 is 10.1 Å². The summed E-state index contributed by atoms with van der Waals surface area (Å²) in [6.45, 7) is 7.18. The minimum absolute atomic E-state index is 0.150. The van der Waals surface area contributed by atoms with Gasteiger partial charge in [-0.2, -0.15) is 0 Å². The molecule has 1 aliphatic rings. The first-order chi connectivity index (χ1) is 8.11. The van der Waals surface area contributed by atoms with Crippen molar-refractivity contribution in [1.82, 2.24) is 10.3 Å². The smallest absolute Gasteiger partial charge is 0.218 e. The molecule has 94 valence electrons. The Hall–Kier alpha value is -1.09. The number of ether oxygens (including phenoxy) is 1. The first-order valence-corrected chi connectivity index (χ1v) is 6.47. The monoisotopic (exact) mass is 234 g/mol. The highest BCUT2D eigenvalue weighted by molar-refractivity contribution is 5.26. The molecule has 1 aromatic heterocycles. The second-order valence-corrected chi connectivity index (χ2v) is 5.34. The summed E-state index contributed by atoms with van der Waals surface area (Å²) in [5.41, 5.74) is 1.00. The molecule has 1 fully saturated rings. The average molecular weight is 234 g/mol. The highest BCUT2D eigenvalue weighted by Crippen LogP contribution is 2.24. The van der Waals surface area contributed by atoms with Crippen LogP contribution in [0.15, 0.2) is 18.3 Å². The first kappa shape index (κ1) is 12.4. The lowest BCUT2D eigenvalue weighted by Gasteiger charge is -2.25. The van der Waals surface area contributed by atoms with Crippen molar-refractivity contribution in [2.45, 2.75) is 58.2 Å². The van der Waals surface area contributed by atoms with E-state index in [4.69, 9.17) is 4.74 Å². The average Bonchev–Trinajstić information content (AvgIpc) is 3.11. The predicted octanol–water partition coefficient (Wildman–Crippen LogP) is 2.90. The lowest BCUT2D eigenvalue weighted by Crippen LogP contribution is -2.28. The summed E-state index contributed by atoms with van der Waals surface area (Å²) >= 11 is 0. The number of aromatic nitrogens is 1. The normalized spacial score (nSPS) is 15.9. The summed E-state index contributed by atoms with van der Waals surface area (Å²) in [6.07, 6.45) is 5.37. The molecule has 1 N–H and O–H groups in total. The van der Waals surface area contributed by atoms with Crippen LogP contribution in [0.25, 0.3) is 0 Å². The molecule has 17 heavy (non-hydrogen) atoms. The van der Waals surface area contributed by atoms with E-state index in [1.165, 1.54) is 12.8 Å². The van der Waals surface area contributed by atoms with Crippen molar-refractivity contribution in [3.63, 3.8) is 0 Å². The zero-order valence-corrected chi connectivity index (χ0v) is 11.0. The number of pyridine rings is 1. The maximum atomic E-state index is 5.98. The quantitative estimate of drug-likeness (QED) is 0.821. The first-order valence-electron chi connectivity index (χ1n) is 6.47. The van der Waals surface area contributed by atoms with Crippen LogP contribution in [-0.4, -0.2) is 16.6 Å². The van der Waals surface area contributed by atoms with Crippen LogP contribution in [0.5, 0.6) is 5.88 Å². The Morgan fingerprint density at radius 2 is 2.24 bits per heavy atom. The van der Waals surface area contributed by atoms with E-state index >= 15 is 0 Å². The van der Waals surface area contributed by atoms with E-state index in [-0.39, 0.29) is 5.60 Å². The van der Waals surface area contributed by atoms with Crippen LogP contribution >= 0.6 is 0 Å². The van der Waals surface area contributed by atoms with E-state index in [9.17, 15) is 0 Å². The Kier molecular flexibility index (Phi) is 3.67. The third kappa shape index (κ3) is 3.70. The molecular weight excluding hydrogens is 212 g/mol. The highest BCUT2D eigenvalue weighted by Gasteiger charge is 2.22. The third-order valence-electron chi connectivity index (χ3n) is 3.23. The van der Waals surface area contributed by atoms with Gasteiger partial charge in [0.1, 0.15) is 5.60 Å². The zero-order valence-electron chi connectivity index (χ0n) is 11.0. The summed E-state index contributed by atoms with van der Waals surface area (Å²) in [6, 6.07) is 4.77. The number of nitrogens with zero attached hydrogens (tertiary/aromatic N) is 1. The van der Waals surface area contributed by atoms with Crippen molar-refractivity contribution >= 4 is 0 Å². The largest absolute Gasteiger partial charge is 0.471 e. The van der Waals surface area contributed by atoms with E-state index in [1.807, 2.05) is 6.07 Å². The summed E-state index contributed by atoms with van der Waals surface area (Å²) in [4.78, 5) is 4.35. The fourth-order valence-electron chi connectivity index (χ4n) is 1.53. The Morgan fingerprint density at radius 3 is 2.88 bits per heavy atom. The highest BCUT2D eigenvalue weighted by atomic mass is 16.5. The maximum absolute atomic E-state index is 5.98. The minimum atomic E-state index is -0.150. The Balaban J connectivity index is 2.03. The summed E-state index contributed by atoms with van der Waals surface area (Å²) < 4.78 is 5.98. The van der Waals surface area contributed by atoms with Gasteiger partial charge in [0.05, 0.1) is 0 Å². The Labute approximate surface area is 104 Å². The predicted molar refractivity (Wildman–Crippen MR) is 69.1 cm³/mol. The van der Waals surface area contributed by atoms with E-state index in [1.54, 1.807) is 6.20 Å². The molecule has 2 rings (SSSR count). The molecule has 1 heterocycles. The molecule has 3 heteroatoms. The van der Waals surface area contributed by atoms with E-state index in [0.29, 0.717) is 6.04 Å². The second kappa shape index (κ2) is 5.05. The van der Waals surface area contributed by atoms with E-state index in [0.717, 1.165) is 24.4 Å². The molecule has 3 nitrogen and oxygen atoms in total. The van der Waals surface area contributed by atoms with Gasteiger partial charge >= 0.3 is 0 Å². The molecule has 0 saturated heterocycles. The number of hydrogen-bond donors (Lipinski definition) is 1. The number of hydrogen-bond acceptors (Lipinski definition) is 3. The fourth-order valence-corrected chi connectivity index (χ4v) is 1.53. The van der Waals surface area contributed by atoms with Gasteiger partial charge in [0.15, 0.2) is 0 Å². The van der Waals surface area contributed by atoms with Crippen molar-refractivity contribution < 1.29 is 4.74 Å². The molecule has 0 spiro atoms. The van der Waals surface area contributed by atoms with Crippen molar-refractivity contribution in [3.05, 3.63) is 23.9 Å². The minimum Gasteiger partial charge on any atom is -0.471 e. The summed E-state index contributed by atoms with van der Waals surface area (Å²) in [5.74, 6) is 0.771. The molecular formula is C14H22N2O. The molecule has 0 unspecified atom stereocenters. The molecule has 0 aliphatic heterocycles. The van der Waals surface area contributed by atoms with Crippen LogP contribution in [0.1, 0.15) is 45.6 Å². The lowest BCUT2D eigenvalue weighted by molar-refractivity contribution is 0.0974. The summed E-state index contributed by atoms with van der Waals surface area (Å²) in [7, 11) is 0. The molecule has 1 aliphatic carbocycles. The number of rotatable bonds is 6. The molecule has 1 saturated carbocycles. The lowest BCUT2D eigenvalue weighted by atomic mass is 10.1. The standard InChI is InChI=1S/C14H22N2O/c1-4-14(2,3)17-13-11(6-5-9-15-13)10-16-12-7-8-12/h5-6,9,12,16H,4,7-8,10H2,1-3H3. The van der Waals surface area contributed by atoms with Crippen molar-refractivity contribution in [1.29, 1.82) is 0 Å². The Bertz CT molecular complexity index is 372. The molecule has 1 aromatic rings. The maximum Gasteiger partial charge on any atom is 0.218 e. The third-order valence-corrected chi connectivity index (χ3v) is 3.23. The van der Waals surface area contributed by atoms with E-state index in [2.05, 4.69) is 37.1 Å². The van der Waals surface area contributed by atoms with Gasteiger partial charge in [-0.1, -0.05) is 13.0 Å². The van der Waals surface area contributed by atoms with Crippen molar-refractivity contribution in [2.75, 3.05) is 0 Å². The van der Waals surface area contributed by atoms with Gasteiger partial charge < -0.3 is 10.1 Å². The van der Waals surface area contributed by atoms with Crippen LogP contribution in [0, 0.1) is 0 Å². The topological polar surface area (TPSA) is 34.1 Å². The van der Waals surface area contributed by atoms with Gasteiger partial charge in [-0.25, -0.2) is 4.98 Å². The summed E-state index contributed by atoms with van der Waals surface area (Å²) in [5, 5.41) is 3.50. The Morgan fingerprint density at radius 1 is 1.47 bits per heavy atom.